The molecule has 0 saturated carbocycles. The van der Waals surface area contributed by atoms with Gasteiger partial charge in [0.1, 0.15) is 0 Å². The Kier molecular flexibility index (Phi) is 5.71. The Bertz CT molecular complexity index is 1280. The molecular weight excluding hydrogens is 396 g/mol. The van der Waals surface area contributed by atoms with Gasteiger partial charge in [0.2, 0.25) is 0 Å². The number of aromatic nitrogens is 1. The molecule has 0 spiro atoms. The van der Waals surface area contributed by atoms with Gasteiger partial charge in [0.05, 0.1) is 24.4 Å². The van der Waals surface area contributed by atoms with Gasteiger partial charge in [0, 0.05) is 24.0 Å². The Morgan fingerprint density at radius 1 is 0.938 bits per heavy atom. The molecule has 0 saturated heterocycles. The van der Waals surface area contributed by atoms with Crippen LogP contribution in [0.2, 0.25) is 0 Å². The zero-order valence-electron chi connectivity index (χ0n) is 19.1. The maximum absolute atomic E-state index is 5.94. The molecule has 0 unspecified atom stereocenters. The molecule has 1 aliphatic rings. The maximum Gasteiger partial charge on any atom is 0.161 e. The van der Waals surface area contributed by atoms with Gasteiger partial charge in [-0.05, 0) is 73.0 Å². The Hall–Kier alpha value is -3.11. The fourth-order valence-electron chi connectivity index (χ4n) is 4.74. The predicted octanol–water partition coefficient (Wildman–Crippen LogP) is 6.23. The zero-order chi connectivity index (χ0) is 22.1. The van der Waals surface area contributed by atoms with Crippen molar-refractivity contribution in [1.82, 2.24) is 9.88 Å². The maximum atomic E-state index is 5.94. The van der Waals surface area contributed by atoms with Crippen LogP contribution in [-0.4, -0.2) is 36.7 Å². The van der Waals surface area contributed by atoms with E-state index in [1.165, 1.54) is 27.3 Å². The summed E-state index contributed by atoms with van der Waals surface area (Å²) in [6.45, 7) is 7.36. The van der Waals surface area contributed by atoms with Crippen LogP contribution in [0.4, 0.5) is 0 Å². The average molecular weight is 427 g/mol. The molecule has 3 aromatic carbocycles. The van der Waals surface area contributed by atoms with Crippen molar-refractivity contribution in [3.8, 4) is 22.8 Å². The van der Waals surface area contributed by atoms with Gasteiger partial charge >= 0.3 is 0 Å². The van der Waals surface area contributed by atoms with Crippen molar-refractivity contribution in [2.75, 3.05) is 26.8 Å². The first-order chi connectivity index (χ1) is 15.7. The number of pyridine rings is 1. The monoisotopic (exact) mass is 426 g/mol. The fraction of sp³-hybridized carbons (Fsp3) is 0.321. The van der Waals surface area contributed by atoms with Crippen LogP contribution in [0.5, 0.6) is 11.5 Å². The second-order valence-electron chi connectivity index (χ2n) is 8.53. The standard InChI is InChI=1S/C28H30N2O2/c1-4-16-32-25-13-11-20(17-26(25)31-5-2)28-23-18-30(3)15-14-22(23)27-21-9-7-6-8-19(21)10-12-24(27)29-28/h6-13,17H,4-5,14-16,18H2,1-3H3. The van der Waals surface area contributed by atoms with Crippen LogP contribution in [-0.2, 0) is 13.0 Å². The summed E-state index contributed by atoms with van der Waals surface area (Å²) in [5, 5.41) is 3.87. The van der Waals surface area contributed by atoms with E-state index in [2.05, 4.69) is 67.4 Å². The molecule has 0 N–H and O–H groups in total. The van der Waals surface area contributed by atoms with Crippen molar-refractivity contribution in [3.63, 3.8) is 0 Å². The number of nitrogens with zero attached hydrogens (tertiary/aromatic N) is 2. The van der Waals surface area contributed by atoms with Gasteiger partial charge in [-0.1, -0.05) is 37.3 Å². The molecule has 2 heterocycles. The van der Waals surface area contributed by atoms with Crippen LogP contribution in [0.25, 0.3) is 32.9 Å². The number of likely N-dealkylation sites (N-methyl/N-ethyl adjacent to an activating group) is 1. The summed E-state index contributed by atoms with van der Waals surface area (Å²) in [4.78, 5) is 7.59. The molecular formula is C28H30N2O2. The lowest BCUT2D eigenvalue weighted by molar-refractivity contribution is 0.277. The Morgan fingerprint density at radius 3 is 2.66 bits per heavy atom. The molecule has 1 aromatic heterocycles. The lowest BCUT2D eigenvalue weighted by atomic mass is 9.89. The third-order valence-corrected chi connectivity index (χ3v) is 6.24. The molecule has 4 aromatic rings. The number of hydrogen-bond donors (Lipinski definition) is 0. The minimum atomic E-state index is 0.601. The quantitative estimate of drug-likeness (QED) is 0.342. The highest BCUT2D eigenvalue weighted by Gasteiger charge is 2.23. The van der Waals surface area contributed by atoms with Crippen LogP contribution in [0, 0.1) is 0 Å². The molecule has 0 fully saturated rings. The molecule has 0 atom stereocenters. The highest BCUT2D eigenvalue weighted by atomic mass is 16.5. The van der Waals surface area contributed by atoms with Gasteiger partial charge in [-0.15, -0.1) is 0 Å². The Balaban J connectivity index is 1.73. The lowest BCUT2D eigenvalue weighted by Gasteiger charge is -2.28. The van der Waals surface area contributed by atoms with Gasteiger partial charge in [0.15, 0.2) is 11.5 Å². The van der Waals surface area contributed by atoms with Gasteiger partial charge in [-0.2, -0.15) is 0 Å². The van der Waals surface area contributed by atoms with Crippen molar-refractivity contribution in [1.29, 1.82) is 0 Å². The molecule has 32 heavy (non-hydrogen) atoms. The predicted molar refractivity (Wildman–Crippen MR) is 132 cm³/mol. The topological polar surface area (TPSA) is 34.6 Å². The molecule has 4 nitrogen and oxygen atoms in total. The SMILES string of the molecule is CCCOc1ccc(-c2nc3ccc4ccccc4c3c3c2CN(C)CC3)cc1OCC. The third-order valence-electron chi connectivity index (χ3n) is 6.24. The van der Waals surface area contributed by atoms with E-state index in [0.29, 0.717) is 13.2 Å². The summed E-state index contributed by atoms with van der Waals surface area (Å²) in [7, 11) is 2.19. The van der Waals surface area contributed by atoms with Crippen molar-refractivity contribution in [3.05, 3.63) is 65.7 Å². The van der Waals surface area contributed by atoms with Crippen molar-refractivity contribution in [2.24, 2.45) is 0 Å². The summed E-state index contributed by atoms with van der Waals surface area (Å²) in [6.07, 6.45) is 2.00. The van der Waals surface area contributed by atoms with E-state index in [-0.39, 0.29) is 0 Å². The minimum absolute atomic E-state index is 0.601. The van der Waals surface area contributed by atoms with Gasteiger partial charge in [0.25, 0.3) is 0 Å². The molecule has 0 aliphatic carbocycles. The number of fused-ring (bicyclic) bond motifs is 5. The molecule has 0 amide bonds. The van der Waals surface area contributed by atoms with E-state index in [1.807, 2.05) is 13.0 Å². The summed E-state index contributed by atoms with van der Waals surface area (Å²) < 4.78 is 11.9. The van der Waals surface area contributed by atoms with Gasteiger partial charge in [-0.3, -0.25) is 0 Å². The molecule has 1 aliphatic heterocycles. The third kappa shape index (κ3) is 3.69. The molecule has 5 rings (SSSR count). The Labute approximate surface area is 189 Å². The number of rotatable bonds is 6. The first-order valence-corrected chi connectivity index (χ1v) is 11.6. The normalized spacial score (nSPS) is 14.0. The number of hydrogen-bond acceptors (Lipinski definition) is 4. The first kappa shape index (κ1) is 20.8. The van der Waals surface area contributed by atoms with Crippen molar-refractivity contribution >= 4 is 21.7 Å². The van der Waals surface area contributed by atoms with E-state index in [9.17, 15) is 0 Å². The van der Waals surface area contributed by atoms with Crippen LogP contribution in [0.3, 0.4) is 0 Å². The van der Waals surface area contributed by atoms with E-state index < -0.39 is 0 Å². The van der Waals surface area contributed by atoms with E-state index >= 15 is 0 Å². The summed E-state index contributed by atoms with van der Waals surface area (Å²) >= 11 is 0. The van der Waals surface area contributed by atoms with Gasteiger partial charge in [-0.25, -0.2) is 4.98 Å². The summed E-state index contributed by atoms with van der Waals surface area (Å²) in [6, 6.07) is 19.2. The van der Waals surface area contributed by atoms with E-state index in [4.69, 9.17) is 14.5 Å². The largest absolute Gasteiger partial charge is 0.490 e. The molecule has 0 bridgehead atoms. The molecule has 0 radical (unpaired) electrons. The van der Waals surface area contributed by atoms with Crippen LogP contribution >= 0.6 is 0 Å². The van der Waals surface area contributed by atoms with Crippen molar-refractivity contribution < 1.29 is 9.47 Å². The number of ether oxygens (including phenoxy) is 2. The first-order valence-electron chi connectivity index (χ1n) is 11.6. The second-order valence-corrected chi connectivity index (χ2v) is 8.53. The number of benzene rings is 3. The van der Waals surface area contributed by atoms with Crippen LogP contribution < -0.4 is 9.47 Å². The summed E-state index contributed by atoms with van der Waals surface area (Å²) in [5.74, 6) is 1.59. The van der Waals surface area contributed by atoms with Crippen molar-refractivity contribution in [2.45, 2.75) is 33.2 Å². The van der Waals surface area contributed by atoms with E-state index in [1.54, 1.807) is 0 Å². The molecule has 4 heteroatoms. The zero-order valence-corrected chi connectivity index (χ0v) is 19.1. The Morgan fingerprint density at radius 2 is 1.81 bits per heavy atom. The van der Waals surface area contributed by atoms with Crippen LogP contribution in [0.15, 0.2) is 54.6 Å². The average Bonchev–Trinajstić information content (AvgIpc) is 2.82. The fourth-order valence-corrected chi connectivity index (χ4v) is 4.74. The highest BCUT2D eigenvalue weighted by molar-refractivity contribution is 6.09. The van der Waals surface area contributed by atoms with Gasteiger partial charge < -0.3 is 14.4 Å². The van der Waals surface area contributed by atoms with E-state index in [0.717, 1.165) is 54.2 Å². The highest BCUT2D eigenvalue weighted by Crippen LogP contribution is 2.39. The second kappa shape index (κ2) is 8.79. The summed E-state index contributed by atoms with van der Waals surface area (Å²) in [5.41, 5.74) is 5.96. The smallest absolute Gasteiger partial charge is 0.161 e. The minimum Gasteiger partial charge on any atom is -0.490 e. The lowest BCUT2D eigenvalue weighted by Crippen LogP contribution is -2.27. The molecule has 164 valence electrons. The van der Waals surface area contributed by atoms with Crippen LogP contribution in [0.1, 0.15) is 31.4 Å².